The highest BCUT2D eigenvalue weighted by Gasteiger charge is 2.09. The number of hydrogen-bond acceptors (Lipinski definition) is 3. The van der Waals surface area contributed by atoms with Gasteiger partial charge in [-0.05, 0) is 6.07 Å². The second kappa shape index (κ2) is 2.75. The molecule has 4 N–H and O–H groups in total. The van der Waals surface area contributed by atoms with Gasteiger partial charge in [0.2, 0.25) is 0 Å². The van der Waals surface area contributed by atoms with E-state index in [0.29, 0.717) is 0 Å². The Morgan fingerprint density at radius 2 is 2.00 bits per heavy atom. The van der Waals surface area contributed by atoms with Crippen LogP contribution in [0.25, 0.3) is 0 Å². The molecule has 0 atom stereocenters. The van der Waals surface area contributed by atoms with Crippen LogP contribution in [-0.4, -0.2) is 10.2 Å². The largest absolute Gasteiger partial charge is 0.504 e. The number of phenolic OH excluding ortho intramolecular Hbond substituents is 2. The zero-order valence-electron chi connectivity index (χ0n) is 5.71. The highest BCUT2D eigenvalue weighted by atomic mass is 19.1. The van der Waals surface area contributed by atoms with Gasteiger partial charge in [0.25, 0.3) is 0 Å². The van der Waals surface area contributed by atoms with Crippen LogP contribution in [0.3, 0.4) is 0 Å². The van der Waals surface area contributed by atoms with Crippen LogP contribution in [0.5, 0.6) is 11.5 Å². The summed E-state index contributed by atoms with van der Waals surface area (Å²) in [6, 6.07) is 2.52. The first-order valence-corrected chi connectivity index (χ1v) is 3.06. The molecule has 0 amide bonds. The van der Waals surface area contributed by atoms with Gasteiger partial charge in [0.05, 0.1) is 0 Å². The fourth-order valence-corrected chi connectivity index (χ4v) is 0.754. The summed E-state index contributed by atoms with van der Waals surface area (Å²) in [5.41, 5.74) is 5.32. The summed E-state index contributed by atoms with van der Waals surface area (Å²) in [4.78, 5) is 0. The molecule has 0 aliphatic heterocycles. The molecule has 60 valence electrons. The van der Waals surface area contributed by atoms with E-state index in [1.165, 1.54) is 12.1 Å². The zero-order valence-corrected chi connectivity index (χ0v) is 5.71. The molecule has 0 aromatic heterocycles. The van der Waals surface area contributed by atoms with Crippen LogP contribution < -0.4 is 5.73 Å². The van der Waals surface area contributed by atoms with Gasteiger partial charge in [-0.15, -0.1) is 0 Å². The van der Waals surface area contributed by atoms with Crippen molar-refractivity contribution >= 4 is 0 Å². The topological polar surface area (TPSA) is 66.5 Å². The average Bonchev–Trinajstić information content (AvgIpc) is 2.01. The van der Waals surface area contributed by atoms with E-state index in [0.717, 1.165) is 0 Å². The van der Waals surface area contributed by atoms with Crippen LogP contribution in [0.1, 0.15) is 5.56 Å². The first-order chi connectivity index (χ1) is 5.16. The number of nitrogens with two attached hydrogens (primary N) is 1. The summed E-state index contributed by atoms with van der Waals surface area (Å²) in [6.45, 7) is -0.000324. The maximum atomic E-state index is 12.8. The number of aromatic hydroxyl groups is 2. The van der Waals surface area contributed by atoms with Crippen LogP contribution >= 0.6 is 0 Å². The Kier molecular flexibility index (Phi) is 1.96. The first kappa shape index (κ1) is 7.81. The summed E-state index contributed by atoms with van der Waals surface area (Å²) in [6.07, 6.45) is 0. The third-order valence-electron chi connectivity index (χ3n) is 1.39. The van der Waals surface area contributed by atoms with Gasteiger partial charge in [0.1, 0.15) is 0 Å². The Balaban J connectivity index is 3.25. The van der Waals surface area contributed by atoms with E-state index in [-0.39, 0.29) is 12.1 Å². The van der Waals surface area contributed by atoms with Crippen molar-refractivity contribution in [3.8, 4) is 11.5 Å². The molecule has 0 spiro atoms. The van der Waals surface area contributed by atoms with Gasteiger partial charge in [-0.2, -0.15) is 0 Å². The molecule has 0 radical (unpaired) electrons. The number of rotatable bonds is 1. The molecule has 0 aliphatic rings. The predicted molar refractivity (Wildman–Crippen MR) is 37.6 cm³/mol. The summed E-state index contributed by atoms with van der Waals surface area (Å²) < 4.78 is 12.8. The monoisotopic (exact) mass is 157 g/mol. The Labute approximate surface area is 62.9 Å². The van der Waals surface area contributed by atoms with Crippen molar-refractivity contribution < 1.29 is 14.6 Å². The lowest BCUT2D eigenvalue weighted by molar-refractivity contribution is 0.376. The second-order valence-corrected chi connectivity index (χ2v) is 2.11. The zero-order chi connectivity index (χ0) is 8.43. The molecule has 0 unspecified atom stereocenters. The Bertz CT molecular complexity index is 275. The van der Waals surface area contributed by atoms with E-state index in [1.807, 2.05) is 0 Å². The van der Waals surface area contributed by atoms with Gasteiger partial charge in [0.15, 0.2) is 17.3 Å². The molecular weight excluding hydrogens is 149 g/mol. The minimum Gasteiger partial charge on any atom is -0.504 e. The van der Waals surface area contributed by atoms with Crippen LogP contribution in [0.2, 0.25) is 0 Å². The molecule has 0 saturated carbocycles. The van der Waals surface area contributed by atoms with E-state index >= 15 is 0 Å². The Morgan fingerprint density at radius 3 is 2.55 bits per heavy atom. The van der Waals surface area contributed by atoms with Gasteiger partial charge in [-0.3, -0.25) is 0 Å². The fourth-order valence-electron chi connectivity index (χ4n) is 0.754. The minimum atomic E-state index is -0.854. The van der Waals surface area contributed by atoms with Gasteiger partial charge >= 0.3 is 0 Å². The molecule has 1 aromatic carbocycles. The molecular formula is C7H8FNO2. The predicted octanol–water partition coefficient (Wildman–Crippen LogP) is 0.696. The van der Waals surface area contributed by atoms with Crippen molar-refractivity contribution in [2.45, 2.75) is 6.54 Å². The molecule has 0 aliphatic carbocycles. The number of benzene rings is 1. The molecule has 1 aromatic rings. The van der Waals surface area contributed by atoms with Crippen molar-refractivity contribution in [1.29, 1.82) is 0 Å². The fraction of sp³-hybridized carbons (Fsp3) is 0.143. The normalized spacial score (nSPS) is 10.0. The van der Waals surface area contributed by atoms with Crippen LogP contribution in [0, 0.1) is 5.82 Å². The van der Waals surface area contributed by atoms with Gasteiger partial charge in [-0.25, -0.2) is 4.39 Å². The van der Waals surface area contributed by atoms with E-state index in [1.54, 1.807) is 0 Å². The van der Waals surface area contributed by atoms with E-state index < -0.39 is 17.3 Å². The maximum Gasteiger partial charge on any atom is 0.194 e. The molecule has 11 heavy (non-hydrogen) atoms. The number of halogens is 1. The van der Waals surface area contributed by atoms with Crippen LogP contribution in [0.4, 0.5) is 4.39 Å². The summed E-state index contributed by atoms with van der Waals surface area (Å²) in [7, 11) is 0. The third kappa shape index (κ3) is 1.25. The lowest BCUT2D eigenvalue weighted by Gasteiger charge is -2.02. The molecule has 0 heterocycles. The molecule has 0 saturated heterocycles. The maximum absolute atomic E-state index is 12.8. The summed E-state index contributed by atoms with van der Waals surface area (Å²) >= 11 is 0. The van der Waals surface area contributed by atoms with Gasteiger partial charge in [0, 0.05) is 12.1 Å². The van der Waals surface area contributed by atoms with Crippen molar-refractivity contribution in [3.05, 3.63) is 23.5 Å². The smallest absolute Gasteiger partial charge is 0.194 e. The van der Waals surface area contributed by atoms with Crippen molar-refractivity contribution in [3.63, 3.8) is 0 Å². The average molecular weight is 157 g/mol. The molecule has 1 rings (SSSR count). The van der Waals surface area contributed by atoms with Crippen molar-refractivity contribution in [1.82, 2.24) is 0 Å². The van der Waals surface area contributed by atoms with Gasteiger partial charge in [-0.1, -0.05) is 6.07 Å². The SMILES string of the molecule is NCc1ccc(O)c(O)c1F. The highest BCUT2D eigenvalue weighted by molar-refractivity contribution is 5.42. The van der Waals surface area contributed by atoms with Crippen LogP contribution in [-0.2, 0) is 6.54 Å². The quantitative estimate of drug-likeness (QED) is 0.525. The van der Waals surface area contributed by atoms with E-state index in [2.05, 4.69) is 0 Å². The molecule has 0 bridgehead atoms. The Morgan fingerprint density at radius 1 is 1.36 bits per heavy atom. The summed E-state index contributed by atoms with van der Waals surface area (Å²) in [5.74, 6) is -2.07. The van der Waals surface area contributed by atoms with Gasteiger partial charge < -0.3 is 15.9 Å². The van der Waals surface area contributed by atoms with Crippen LogP contribution in [0.15, 0.2) is 12.1 Å². The Hall–Kier alpha value is -1.29. The van der Waals surface area contributed by atoms with Crippen molar-refractivity contribution in [2.24, 2.45) is 5.73 Å². The second-order valence-electron chi connectivity index (χ2n) is 2.11. The van der Waals surface area contributed by atoms with Crippen molar-refractivity contribution in [2.75, 3.05) is 0 Å². The molecule has 0 fully saturated rings. The minimum absolute atomic E-state index is 0.000324. The number of hydrogen-bond donors (Lipinski definition) is 3. The first-order valence-electron chi connectivity index (χ1n) is 3.06. The third-order valence-corrected chi connectivity index (χ3v) is 1.39. The lowest BCUT2D eigenvalue weighted by Crippen LogP contribution is -1.99. The molecule has 3 nitrogen and oxygen atoms in total. The number of phenols is 2. The van der Waals surface area contributed by atoms with E-state index in [9.17, 15) is 4.39 Å². The molecule has 4 heteroatoms. The highest BCUT2D eigenvalue weighted by Crippen LogP contribution is 2.29. The van der Waals surface area contributed by atoms with E-state index in [4.69, 9.17) is 15.9 Å². The lowest BCUT2D eigenvalue weighted by atomic mass is 10.2. The standard InChI is InChI=1S/C7H8FNO2/c8-6-4(3-9)1-2-5(10)7(6)11/h1-2,10-11H,3,9H2. The summed E-state index contributed by atoms with van der Waals surface area (Å²) in [5, 5.41) is 17.6.